The van der Waals surface area contributed by atoms with Crippen LogP contribution in [0.3, 0.4) is 0 Å². The van der Waals surface area contributed by atoms with Crippen LogP contribution in [0.5, 0.6) is 5.88 Å². The third-order valence-electron chi connectivity index (χ3n) is 1.61. The van der Waals surface area contributed by atoms with E-state index in [0.29, 0.717) is 5.82 Å². The van der Waals surface area contributed by atoms with E-state index in [1.165, 1.54) is 10.6 Å². The van der Waals surface area contributed by atoms with Crippen molar-refractivity contribution in [1.29, 1.82) is 0 Å². The zero-order valence-corrected chi connectivity index (χ0v) is 6.34. The lowest BCUT2D eigenvalue weighted by Gasteiger charge is -2.09. The second-order valence-corrected chi connectivity index (χ2v) is 2.40. The molecule has 0 amide bonds. The van der Waals surface area contributed by atoms with Crippen molar-refractivity contribution in [2.75, 3.05) is 0 Å². The Balaban J connectivity index is 2.51. The van der Waals surface area contributed by atoms with Gasteiger partial charge in [0.05, 0.1) is 0 Å². The summed E-state index contributed by atoms with van der Waals surface area (Å²) in [5.41, 5.74) is 0. The van der Waals surface area contributed by atoms with E-state index in [9.17, 15) is 5.11 Å². The van der Waals surface area contributed by atoms with E-state index in [0.717, 1.165) is 0 Å². The topological polar surface area (TPSA) is 40.9 Å². The highest BCUT2D eigenvalue weighted by Gasteiger charge is 1.93. The molecule has 0 unspecified atom stereocenters. The fourth-order valence-corrected chi connectivity index (χ4v) is 1.05. The monoisotopic (exact) mass is 159 g/mol. The lowest BCUT2D eigenvalue weighted by atomic mass is 10.4. The van der Waals surface area contributed by atoms with Crippen molar-refractivity contribution < 1.29 is 5.11 Å². The molecule has 0 saturated heterocycles. The summed E-state index contributed by atoms with van der Waals surface area (Å²) >= 11 is 0. The fraction of sp³-hybridized carbons (Fsp3) is 0. The highest BCUT2D eigenvalue weighted by Crippen LogP contribution is 2.11. The normalized spacial score (nSPS) is 10.0. The molecule has 0 saturated carbocycles. The molecule has 0 aliphatic heterocycles. The maximum absolute atomic E-state index is 11.1. The van der Waals surface area contributed by atoms with Gasteiger partial charge in [0, 0.05) is 12.4 Å². The van der Waals surface area contributed by atoms with Crippen LogP contribution in [-0.4, -0.2) is 9.55 Å². The van der Waals surface area contributed by atoms with Gasteiger partial charge < -0.3 is 9.67 Å². The van der Waals surface area contributed by atoms with Gasteiger partial charge in [0.1, 0.15) is 5.82 Å². The zero-order chi connectivity index (χ0) is 8.39. The average Bonchev–Trinajstić information content (AvgIpc) is 2.53. The fourth-order valence-electron chi connectivity index (χ4n) is 1.05. The van der Waals surface area contributed by atoms with Crippen LogP contribution in [0.2, 0.25) is 0 Å². The molecule has 0 bridgehead atoms. The van der Waals surface area contributed by atoms with Crippen molar-refractivity contribution in [2.24, 2.45) is 0 Å². The molecule has 0 radical (unpaired) electrons. The summed E-state index contributed by atoms with van der Waals surface area (Å²) in [6.07, 6.45) is 3.36. The van der Waals surface area contributed by atoms with Gasteiger partial charge in [-0.3, -0.25) is 0 Å². The Morgan fingerprint density at radius 2 is 2.08 bits per heavy atom. The Hall–Kier alpha value is -1.77. The van der Waals surface area contributed by atoms with E-state index in [4.69, 9.17) is 0 Å². The SMILES string of the molecule is [O-]c1cccn1-c1ccccn1. The lowest BCUT2D eigenvalue weighted by molar-refractivity contribution is -0.277. The molecule has 0 aliphatic rings. The molecule has 0 fully saturated rings. The first-order valence-electron chi connectivity index (χ1n) is 3.64. The molecule has 2 aromatic rings. The van der Waals surface area contributed by atoms with Crippen molar-refractivity contribution in [1.82, 2.24) is 9.55 Å². The summed E-state index contributed by atoms with van der Waals surface area (Å²) < 4.78 is 1.50. The molecule has 3 heteroatoms. The van der Waals surface area contributed by atoms with Gasteiger partial charge in [-0.05, 0) is 24.1 Å². The van der Waals surface area contributed by atoms with E-state index >= 15 is 0 Å². The molecule has 2 heterocycles. The largest absolute Gasteiger partial charge is 0.860 e. The maximum atomic E-state index is 11.1. The first-order valence-corrected chi connectivity index (χ1v) is 3.64. The first-order chi connectivity index (χ1) is 5.88. The van der Waals surface area contributed by atoms with Crippen LogP contribution in [0.15, 0.2) is 42.7 Å². The van der Waals surface area contributed by atoms with Crippen LogP contribution in [0, 0.1) is 0 Å². The van der Waals surface area contributed by atoms with Crippen LogP contribution in [-0.2, 0) is 0 Å². The van der Waals surface area contributed by atoms with Gasteiger partial charge in [0.15, 0.2) is 0 Å². The van der Waals surface area contributed by atoms with Gasteiger partial charge in [-0.1, -0.05) is 12.1 Å². The summed E-state index contributed by atoms with van der Waals surface area (Å²) in [6, 6.07) is 8.67. The van der Waals surface area contributed by atoms with E-state index in [1.807, 2.05) is 12.1 Å². The molecule has 0 atom stereocenters. The molecule has 2 rings (SSSR count). The minimum Gasteiger partial charge on any atom is -0.860 e. The molecule has 2 aromatic heterocycles. The van der Waals surface area contributed by atoms with Crippen molar-refractivity contribution in [3.05, 3.63) is 42.7 Å². The second-order valence-electron chi connectivity index (χ2n) is 2.40. The van der Waals surface area contributed by atoms with Gasteiger partial charge in [-0.15, -0.1) is 0 Å². The number of hydrogen-bond acceptors (Lipinski definition) is 2. The van der Waals surface area contributed by atoms with Crippen molar-refractivity contribution in [3.63, 3.8) is 0 Å². The smallest absolute Gasteiger partial charge is 0.135 e. The van der Waals surface area contributed by atoms with Crippen LogP contribution >= 0.6 is 0 Å². The Morgan fingerprint density at radius 3 is 2.67 bits per heavy atom. The third-order valence-corrected chi connectivity index (χ3v) is 1.61. The number of rotatable bonds is 1. The predicted molar refractivity (Wildman–Crippen MR) is 43.0 cm³/mol. The molecule has 12 heavy (non-hydrogen) atoms. The standard InChI is InChI=1S/C9H8N2O/c12-9-5-3-7-11(9)8-4-1-2-6-10-8/h1-7,12H/p-1. The highest BCUT2D eigenvalue weighted by molar-refractivity contribution is 5.28. The quantitative estimate of drug-likeness (QED) is 0.621. The summed E-state index contributed by atoms with van der Waals surface area (Å²) in [6.45, 7) is 0. The van der Waals surface area contributed by atoms with Gasteiger partial charge in [0.25, 0.3) is 0 Å². The second kappa shape index (κ2) is 2.70. The molecule has 60 valence electrons. The number of aromatic nitrogens is 2. The Kier molecular flexibility index (Phi) is 1.55. The molecule has 0 aliphatic carbocycles. The summed E-state index contributed by atoms with van der Waals surface area (Å²) in [4.78, 5) is 4.04. The minimum absolute atomic E-state index is 0.0475. The van der Waals surface area contributed by atoms with E-state index in [-0.39, 0.29) is 5.88 Å². The first kappa shape index (κ1) is 6.91. The summed E-state index contributed by atoms with van der Waals surface area (Å²) in [7, 11) is 0. The Bertz CT molecular complexity index is 367. The Morgan fingerprint density at radius 1 is 1.17 bits per heavy atom. The average molecular weight is 159 g/mol. The highest BCUT2D eigenvalue weighted by atomic mass is 16.3. The molecular formula is C9H7N2O-. The molecular weight excluding hydrogens is 152 g/mol. The maximum Gasteiger partial charge on any atom is 0.135 e. The van der Waals surface area contributed by atoms with E-state index < -0.39 is 0 Å². The minimum atomic E-state index is -0.0475. The molecule has 0 spiro atoms. The van der Waals surface area contributed by atoms with Crippen LogP contribution in [0.1, 0.15) is 0 Å². The van der Waals surface area contributed by atoms with Crippen molar-refractivity contribution in [2.45, 2.75) is 0 Å². The van der Waals surface area contributed by atoms with Gasteiger partial charge in [0.2, 0.25) is 0 Å². The number of pyridine rings is 1. The summed E-state index contributed by atoms with van der Waals surface area (Å²) in [5, 5.41) is 11.1. The Labute approximate surface area is 69.9 Å². The zero-order valence-electron chi connectivity index (χ0n) is 6.34. The van der Waals surface area contributed by atoms with Gasteiger partial charge >= 0.3 is 0 Å². The van der Waals surface area contributed by atoms with Crippen molar-refractivity contribution in [3.8, 4) is 11.7 Å². The van der Waals surface area contributed by atoms with Crippen molar-refractivity contribution >= 4 is 0 Å². The van der Waals surface area contributed by atoms with Crippen LogP contribution in [0.25, 0.3) is 5.82 Å². The van der Waals surface area contributed by atoms with Crippen LogP contribution < -0.4 is 5.11 Å². The number of hydrogen-bond donors (Lipinski definition) is 0. The third kappa shape index (κ3) is 1.05. The lowest BCUT2D eigenvalue weighted by Crippen LogP contribution is -2.01. The molecule has 0 aromatic carbocycles. The van der Waals surface area contributed by atoms with Gasteiger partial charge in [-0.2, -0.15) is 0 Å². The number of nitrogens with zero attached hydrogens (tertiary/aromatic N) is 2. The predicted octanol–water partition coefficient (Wildman–Crippen LogP) is 0.946. The van der Waals surface area contributed by atoms with E-state index in [1.54, 1.807) is 24.5 Å². The molecule has 3 nitrogen and oxygen atoms in total. The molecule has 0 N–H and O–H groups in total. The summed E-state index contributed by atoms with van der Waals surface area (Å²) in [5.74, 6) is 0.612. The van der Waals surface area contributed by atoms with Crippen LogP contribution in [0.4, 0.5) is 0 Å². The van der Waals surface area contributed by atoms with Gasteiger partial charge in [-0.25, -0.2) is 4.98 Å². The van der Waals surface area contributed by atoms with E-state index in [2.05, 4.69) is 4.98 Å².